The quantitative estimate of drug-likeness (QED) is 0.875. The van der Waals surface area contributed by atoms with Crippen LogP contribution >= 0.6 is 23.8 Å². The van der Waals surface area contributed by atoms with Crippen molar-refractivity contribution in [3.63, 3.8) is 0 Å². The average Bonchev–Trinajstić information content (AvgIpc) is 2.77. The lowest BCUT2D eigenvalue weighted by molar-refractivity contribution is 0.809. The molecule has 0 saturated carbocycles. The van der Waals surface area contributed by atoms with E-state index in [0.717, 1.165) is 24.4 Å². The number of thiocarbonyl (C=S) groups is 1. The maximum atomic E-state index is 6.17. The van der Waals surface area contributed by atoms with Crippen molar-refractivity contribution in [2.75, 3.05) is 0 Å². The van der Waals surface area contributed by atoms with Crippen LogP contribution in [0.15, 0.2) is 30.6 Å². The van der Waals surface area contributed by atoms with Gasteiger partial charge in [0.25, 0.3) is 0 Å². The van der Waals surface area contributed by atoms with Gasteiger partial charge in [-0.25, -0.2) is 4.98 Å². The minimum absolute atomic E-state index is 0.311. The highest BCUT2D eigenvalue weighted by atomic mass is 35.5. The van der Waals surface area contributed by atoms with Crippen molar-refractivity contribution < 1.29 is 0 Å². The molecule has 5 heteroatoms. The third-order valence-electron chi connectivity index (χ3n) is 2.69. The Labute approximate surface area is 117 Å². The van der Waals surface area contributed by atoms with E-state index in [1.165, 1.54) is 0 Å². The lowest BCUT2D eigenvalue weighted by Crippen LogP contribution is -2.10. The first kappa shape index (κ1) is 13.1. The van der Waals surface area contributed by atoms with E-state index in [0.29, 0.717) is 15.6 Å². The van der Waals surface area contributed by atoms with Gasteiger partial charge in [-0.1, -0.05) is 30.7 Å². The van der Waals surface area contributed by atoms with Gasteiger partial charge in [-0.15, -0.1) is 0 Å². The third kappa shape index (κ3) is 2.54. The monoisotopic (exact) mass is 279 g/mol. The molecule has 1 aromatic heterocycles. The predicted molar refractivity (Wildman–Crippen MR) is 78.5 cm³/mol. The van der Waals surface area contributed by atoms with Gasteiger partial charge in [0.2, 0.25) is 0 Å². The van der Waals surface area contributed by atoms with Gasteiger partial charge in [0, 0.05) is 30.1 Å². The summed E-state index contributed by atoms with van der Waals surface area (Å²) in [5, 5.41) is 0.566. The zero-order chi connectivity index (χ0) is 13.1. The normalized spacial score (nSPS) is 10.6. The molecule has 0 amide bonds. The first-order valence-corrected chi connectivity index (χ1v) is 6.54. The lowest BCUT2D eigenvalue weighted by Gasteiger charge is -2.09. The van der Waals surface area contributed by atoms with E-state index in [4.69, 9.17) is 29.6 Å². The summed E-state index contributed by atoms with van der Waals surface area (Å²) in [6.45, 7) is 2.13. The Balaban J connectivity index is 2.42. The number of hydrogen-bond donors (Lipinski definition) is 1. The summed E-state index contributed by atoms with van der Waals surface area (Å²) in [5.41, 5.74) is 7.26. The summed E-state index contributed by atoms with van der Waals surface area (Å²) in [6, 6.07) is 5.65. The molecule has 2 aromatic rings. The number of nitrogens with two attached hydrogens (primary N) is 1. The number of hydrogen-bond acceptors (Lipinski definition) is 2. The number of aromatic nitrogens is 2. The molecular weight excluding hydrogens is 266 g/mol. The fraction of sp³-hybridized carbons (Fsp3) is 0.231. The second-order valence-corrected chi connectivity index (χ2v) is 4.84. The average molecular weight is 280 g/mol. The topological polar surface area (TPSA) is 43.8 Å². The van der Waals surface area contributed by atoms with Gasteiger partial charge in [-0.2, -0.15) is 0 Å². The first-order chi connectivity index (χ1) is 8.63. The highest BCUT2D eigenvalue weighted by Gasteiger charge is 2.08. The molecule has 1 aromatic carbocycles. The van der Waals surface area contributed by atoms with E-state index in [1.807, 2.05) is 29.0 Å². The summed E-state index contributed by atoms with van der Waals surface area (Å²) in [4.78, 5) is 4.65. The fourth-order valence-corrected chi connectivity index (χ4v) is 2.34. The maximum Gasteiger partial charge on any atom is 0.113 e. The largest absolute Gasteiger partial charge is 0.389 e. The first-order valence-electron chi connectivity index (χ1n) is 5.75. The van der Waals surface area contributed by atoms with Crippen LogP contribution in [0.2, 0.25) is 5.02 Å². The Bertz CT molecular complexity index is 577. The van der Waals surface area contributed by atoms with Crippen LogP contribution in [0.25, 0.3) is 5.69 Å². The van der Waals surface area contributed by atoms with Gasteiger partial charge >= 0.3 is 0 Å². The second kappa shape index (κ2) is 5.50. The van der Waals surface area contributed by atoms with Crippen LogP contribution in [-0.4, -0.2) is 14.5 Å². The van der Waals surface area contributed by atoms with Gasteiger partial charge in [-0.05, 0) is 24.6 Å². The number of benzene rings is 1. The van der Waals surface area contributed by atoms with Crippen molar-refractivity contribution in [2.24, 2.45) is 5.73 Å². The SMILES string of the molecule is CCCc1nccn1-c1ccc(C(N)=S)c(Cl)c1. The van der Waals surface area contributed by atoms with Crippen molar-refractivity contribution in [3.05, 3.63) is 47.0 Å². The van der Waals surface area contributed by atoms with Gasteiger partial charge in [0.05, 0.1) is 5.02 Å². The smallest absolute Gasteiger partial charge is 0.113 e. The summed E-state index contributed by atoms with van der Waals surface area (Å²) in [5.74, 6) is 1.02. The summed E-state index contributed by atoms with van der Waals surface area (Å²) < 4.78 is 2.03. The highest BCUT2D eigenvalue weighted by molar-refractivity contribution is 7.80. The molecule has 0 spiro atoms. The van der Waals surface area contributed by atoms with Crippen molar-refractivity contribution in [1.29, 1.82) is 0 Å². The van der Waals surface area contributed by atoms with Crippen molar-refractivity contribution >= 4 is 28.8 Å². The Morgan fingerprint density at radius 1 is 1.50 bits per heavy atom. The number of rotatable bonds is 4. The zero-order valence-corrected chi connectivity index (χ0v) is 11.6. The molecule has 0 aliphatic carbocycles. The van der Waals surface area contributed by atoms with Crippen molar-refractivity contribution in [3.8, 4) is 5.69 Å². The Kier molecular flexibility index (Phi) is 3.99. The molecule has 0 aliphatic rings. The van der Waals surface area contributed by atoms with E-state index >= 15 is 0 Å². The minimum Gasteiger partial charge on any atom is -0.389 e. The van der Waals surface area contributed by atoms with Crippen molar-refractivity contribution in [2.45, 2.75) is 19.8 Å². The van der Waals surface area contributed by atoms with Crippen molar-refractivity contribution in [1.82, 2.24) is 9.55 Å². The van der Waals surface area contributed by atoms with Crippen LogP contribution in [0.5, 0.6) is 0 Å². The van der Waals surface area contributed by atoms with Crippen LogP contribution in [0.1, 0.15) is 24.7 Å². The van der Waals surface area contributed by atoms with Gasteiger partial charge in [0.1, 0.15) is 10.8 Å². The molecule has 0 atom stereocenters. The molecule has 1 heterocycles. The van der Waals surface area contributed by atoms with Gasteiger partial charge in [0.15, 0.2) is 0 Å². The second-order valence-electron chi connectivity index (χ2n) is 3.99. The Morgan fingerprint density at radius 2 is 2.28 bits per heavy atom. The summed E-state index contributed by atoms with van der Waals surface area (Å²) >= 11 is 11.1. The summed E-state index contributed by atoms with van der Waals surface area (Å²) in [7, 11) is 0. The number of aryl methyl sites for hydroxylation is 1. The minimum atomic E-state index is 0.311. The van der Waals surface area contributed by atoms with Gasteiger partial charge in [-0.3, -0.25) is 0 Å². The predicted octanol–water partition coefficient (Wildman–Crippen LogP) is 3.11. The van der Waals surface area contributed by atoms with E-state index < -0.39 is 0 Å². The molecule has 0 fully saturated rings. The third-order valence-corrected chi connectivity index (χ3v) is 3.22. The van der Waals surface area contributed by atoms with Crippen LogP contribution in [0.4, 0.5) is 0 Å². The zero-order valence-electron chi connectivity index (χ0n) is 10.1. The van der Waals surface area contributed by atoms with E-state index in [2.05, 4.69) is 11.9 Å². The molecular formula is C13H14ClN3S. The molecule has 0 bridgehead atoms. The molecule has 0 radical (unpaired) electrons. The number of nitrogens with zero attached hydrogens (tertiary/aromatic N) is 2. The standard InChI is InChI=1S/C13H14ClN3S/c1-2-3-12-16-6-7-17(12)9-4-5-10(13(15)18)11(14)8-9/h4-8H,2-3H2,1H3,(H2,15,18). The fourth-order valence-electron chi connectivity index (χ4n) is 1.83. The lowest BCUT2D eigenvalue weighted by atomic mass is 10.2. The van der Waals surface area contributed by atoms with E-state index in [1.54, 1.807) is 6.20 Å². The molecule has 2 rings (SSSR count). The molecule has 0 unspecified atom stereocenters. The molecule has 94 valence electrons. The number of imidazole rings is 1. The Hall–Kier alpha value is -1.39. The molecule has 18 heavy (non-hydrogen) atoms. The molecule has 0 saturated heterocycles. The van der Waals surface area contributed by atoms with Crippen LogP contribution in [0, 0.1) is 0 Å². The molecule has 3 nitrogen and oxygen atoms in total. The van der Waals surface area contributed by atoms with Gasteiger partial charge < -0.3 is 10.3 Å². The maximum absolute atomic E-state index is 6.17. The number of halogens is 1. The molecule has 0 aliphatic heterocycles. The van der Waals surface area contributed by atoms with Crippen LogP contribution in [0.3, 0.4) is 0 Å². The Morgan fingerprint density at radius 3 is 2.89 bits per heavy atom. The van der Waals surface area contributed by atoms with E-state index in [9.17, 15) is 0 Å². The molecule has 2 N–H and O–H groups in total. The highest BCUT2D eigenvalue weighted by Crippen LogP contribution is 2.21. The van der Waals surface area contributed by atoms with E-state index in [-0.39, 0.29) is 0 Å². The van der Waals surface area contributed by atoms with Crippen LogP contribution < -0.4 is 5.73 Å². The summed E-state index contributed by atoms with van der Waals surface area (Å²) in [6.07, 6.45) is 5.70. The van der Waals surface area contributed by atoms with Crippen LogP contribution in [-0.2, 0) is 6.42 Å².